The van der Waals surface area contributed by atoms with Gasteiger partial charge in [0, 0.05) is 30.9 Å². The van der Waals surface area contributed by atoms with Crippen molar-refractivity contribution in [2.24, 2.45) is 7.05 Å². The summed E-state index contributed by atoms with van der Waals surface area (Å²) in [6.07, 6.45) is 3.87. The van der Waals surface area contributed by atoms with E-state index >= 15 is 0 Å². The third kappa shape index (κ3) is 4.03. The number of carbonyl (C=O) groups is 1. The van der Waals surface area contributed by atoms with Gasteiger partial charge in [0.05, 0.1) is 12.2 Å². The number of hydrogen-bond donors (Lipinski definition) is 2. The molecule has 0 unspecified atom stereocenters. The van der Waals surface area contributed by atoms with Gasteiger partial charge in [-0.15, -0.1) is 0 Å². The molecule has 0 spiro atoms. The highest BCUT2D eigenvalue weighted by Gasteiger charge is 2.17. The summed E-state index contributed by atoms with van der Waals surface area (Å²) in [5, 5.41) is 9.30. The van der Waals surface area contributed by atoms with E-state index in [-0.39, 0.29) is 5.56 Å². The van der Waals surface area contributed by atoms with E-state index < -0.39 is 23.7 Å². The van der Waals surface area contributed by atoms with Crippen LogP contribution in [0.5, 0.6) is 0 Å². The van der Waals surface area contributed by atoms with Crippen LogP contribution in [-0.4, -0.2) is 15.8 Å². The fraction of sp³-hybridized carbons (Fsp3) is 0.333. The number of halogens is 2. The van der Waals surface area contributed by atoms with Crippen LogP contribution in [0.2, 0.25) is 0 Å². The number of urea groups is 1. The average molecular weight is 308 g/mol. The lowest BCUT2D eigenvalue weighted by Gasteiger charge is -2.18. The van der Waals surface area contributed by atoms with Gasteiger partial charge in [0.1, 0.15) is 11.6 Å². The molecular formula is C15H18F2N4O. The van der Waals surface area contributed by atoms with Gasteiger partial charge in [-0.05, 0) is 24.6 Å². The van der Waals surface area contributed by atoms with Crippen molar-refractivity contribution in [3.8, 4) is 0 Å². The molecule has 0 radical (unpaired) electrons. The second kappa shape index (κ2) is 7.02. The molecule has 0 saturated carbocycles. The molecule has 2 rings (SSSR count). The van der Waals surface area contributed by atoms with Crippen molar-refractivity contribution >= 4 is 6.03 Å². The molecule has 0 aliphatic carbocycles. The minimum atomic E-state index is -0.593. The maximum Gasteiger partial charge on any atom is 0.315 e. The number of hydrogen-bond acceptors (Lipinski definition) is 2. The van der Waals surface area contributed by atoms with Crippen molar-refractivity contribution < 1.29 is 13.6 Å². The molecule has 0 aliphatic rings. The Bertz CT molecular complexity index is 657. The summed E-state index contributed by atoms with van der Waals surface area (Å²) < 4.78 is 28.6. The van der Waals surface area contributed by atoms with Gasteiger partial charge in [-0.1, -0.05) is 6.92 Å². The zero-order chi connectivity index (χ0) is 16.1. The third-order valence-electron chi connectivity index (χ3n) is 3.26. The Kier molecular flexibility index (Phi) is 5.08. The Labute approximate surface area is 127 Å². The van der Waals surface area contributed by atoms with Gasteiger partial charge >= 0.3 is 6.03 Å². The zero-order valence-electron chi connectivity index (χ0n) is 12.4. The molecule has 0 aliphatic heterocycles. The van der Waals surface area contributed by atoms with Crippen molar-refractivity contribution in [2.45, 2.75) is 25.9 Å². The van der Waals surface area contributed by atoms with E-state index in [0.717, 1.165) is 23.8 Å². The molecule has 0 fully saturated rings. The average Bonchev–Trinajstić information content (AvgIpc) is 2.91. The van der Waals surface area contributed by atoms with Crippen LogP contribution in [0.1, 0.15) is 30.5 Å². The van der Waals surface area contributed by atoms with Gasteiger partial charge in [-0.3, -0.25) is 4.68 Å². The standard InChI is InChI=1S/C15H18F2N4O/c1-3-14(12-6-11(16)4-5-13(12)17)20-15(22)18-7-10-8-19-21(2)9-10/h4-6,8-9,14H,3,7H2,1-2H3,(H2,18,20,22)/t14-/m1/s1. The fourth-order valence-corrected chi connectivity index (χ4v) is 2.14. The van der Waals surface area contributed by atoms with E-state index in [0.29, 0.717) is 13.0 Å². The van der Waals surface area contributed by atoms with Crippen LogP contribution >= 0.6 is 0 Å². The van der Waals surface area contributed by atoms with Gasteiger partial charge in [0.15, 0.2) is 0 Å². The number of carbonyl (C=O) groups excluding carboxylic acids is 1. The minimum absolute atomic E-state index is 0.138. The van der Waals surface area contributed by atoms with E-state index in [1.54, 1.807) is 31.0 Å². The Hall–Kier alpha value is -2.44. The van der Waals surface area contributed by atoms with Crippen molar-refractivity contribution in [3.05, 3.63) is 53.4 Å². The van der Waals surface area contributed by atoms with Crippen LogP contribution in [0.4, 0.5) is 13.6 Å². The monoisotopic (exact) mass is 308 g/mol. The maximum absolute atomic E-state index is 13.8. The van der Waals surface area contributed by atoms with Crippen LogP contribution in [-0.2, 0) is 13.6 Å². The second-order valence-electron chi connectivity index (χ2n) is 4.98. The minimum Gasteiger partial charge on any atom is -0.334 e. The Morgan fingerprint density at radius 3 is 2.82 bits per heavy atom. The molecule has 1 atom stereocenters. The molecule has 1 aromatic carbocycles. The van der Waals surface area contributed by atoms with Crippen molar-refractivity contribution in [1.29, 1.82) is 0 Å². The predicted molar refractivity (Wildman–Crippen MR) is 78.0 cm³/mol. The molecule has 7 heteroatoms. The Balaban J connectivity index is 1.97. The van der Waals surface area contributed by atoms with Crippen molar-refractivity contribution in [1.82, 2.24) is 20.4 Å². The summed E-state index contributed by atoms with van der Waals surface area (Å²) in [5.74, 6) is -1.08. The number of rotatable bonds is 5. The first-order valence-electron chi connectivity index (χ1n) is 6.96. The lowest BCUT2D eigenvalue weighted by atomic mass is 10.0. The summed E-state index contributed by atoms with van der Waals surface area (Å²) in [6, 6.07) is 2.17. The molecule has 2 aromatic rings. The number of benzene rings is 1. The van der Waals surface area contributed by atoms with Gasteiger partial charge in [-0.2, -0.15) is 5.10 Å². The molecule has 5 nitrogen and oxygen atoms in total. The number of aryl methyl sites for hydroxylation is 1. The molecule has 2 amide bonds. The molecule has 0 saturated heterocycles. The van der Waals surface area contributed by atoms with E-state index in [9.17, 15) is 13.6 Å². The summed E-state index contributed by atoms with van der Waals surface area (Å²) in [6.45, 7) is 2.10. The Morgan fingerprint density at radius 1 is 1.41 bits per heavy atom. The SMILES string of the molecule is CC[C@@H](NC(=O)NCc1cnn(C)c1)c1cc(F)ccc1F. The predicted octanol–water partition coefficient (Wildman–Crippen LogP) is 2.65. The van der Waals surface area contributed by atoms with Crippen molar-refractivity contribution in [2.75, 3.05) is 0 Å². The number of amides is 2. The highest BCUT2D eigenvalue weighted by Crippen LogP contribution is 2.21. The van der Waals surface area contributed by atoms with Gasteiger partial charge in [-0.25, -0.2) is 13.6 Å². The first-order valence-corrected chi connectivity index (χ1v) is 6.96. The van der Waals surface area contributed by atoms with Crippen molar-refractivity contribution in [3.63, 3.8) is 0 Å². The third-order valence-corrected chi connectivity index (χ3v) is 3.26. The van der Waals surface area contributed by atoms with Gasteiger partial charge in [0.25, 0.3) is 0 Å². The maximum atomic E-state index is 13.8. The molecule has 0 bridgehead atoms. The second-order valence-corrected chi connectivity index (χ2v) is 4.98. The number of aromatic nitrogens is 2. The van der Waals surface area contributed by atoms with Gasteiger partial charge < -0.3 is 10.6 Å². The van der Waals surface area contributed by atoms with Gasteiger partial charge in [0.2, 0.25) is 0 Å². The van der Waals surface area contributed by atoms with E-state index in [4.69, 9.17) is 0 Å². The summed E-state index contributed by atoms with van der Waals surface area (Å²) in [4.78, 5) is 11.9. The first-order chi connectivity index (χ1) is 10.5. The number of nitrogens with zero attached hydrogens (tertiary/aromatic N) is 2. The summed E-state index contributed by atoms with van der Waals surface area (Å²) in [5.41, 5.74) is 0.988. The van der Waals surface area contributed by atoms with Crippen LogP contribution < -0.4 is 10.6 Å². The quantitative estimate of drug-likeness (QED) is 0.892. The van der Waals surface area contributed by atoms with Crippen LogP contribution in [0.15, 0.2) is 30.6 Å². The van der Waals surface area contributed by atoms with E-state index in [1.807, 2.05) is 0 Å². The normalized spacial score (nSPS) is 12.0. The smallest absolute Gasteiger partial charge is 0.315 e. The first kappa shape index (κ1) is 15.9. The molecular weight excluding hydrogens is 290 g/mol. The van der Waals surface area contributed by atoms with Crippen LogP contribution in [0, 0.1) is 11.6 Å². The van der Waals surface area contributed by atoms with E-state index in [1.165, 1.54) is 0 Å². The van der Waals surface area contributed by atoms with E-state index in [2.05, 4.69) is 15.7 Å². The molecule has 1 heterocycles. The topological polar surface area (TPSA) is 59.0 Å². The highest BCUT2D eigenvalue weighted by atomic mass is 19.1. The fourth-order valence-electron chi connectivity index (χ4n) is 2.14. The largest absolute Gasteiger partial charge is 0.334 e. The molecule has 22 heavy (non-hydrogen) atoms. The van der Waals surface area contributed by atoms with Crippen LogP contribution in [0.25, 0.3) is 0 Å². The summed E-state index contributed by atoms with van der Waals surface area (Å²) >= 11 is 0. The highest BCUT2D eigenvalue weighted by molar-refractivity contribution is 5.74. The molecule has 118 valence electrons. The Morgan fingerprint density at radius 2 is 2.18 bits per heavy atom. The zero-order valence-corrected chi connectivity index (χ0v) is 12.4. The number of nitrogens with one attached hydrogen (secondary N) is 2. The summed E-state index contributed by atoms with van der Waals surface area (Å²) in [7, 11) is 1.78. The molecule has 1 aromatic heterocycles. The lowest BCUT2D eigenvalue weighted by molar-refractivity contribution is 0.236. The van der Waals surface area contributed by atoms with Crippen LogP contribution in [0.3, 0.4) is 0 Å². The molecule has 2 N–H and O–H groups in total. The lowest BCUT2D eigenvalue weighted by Crippen LogP contribution is -2.37.